The fourth-order valence-electron chi connectivity index (χ4n) is 3.94. The van der Waals surface area contributed by atoms with Gasteiger partial charge in [-0.15, -0.1) is 0 Å². The fourth-order valence-corrected chi connectivity index (χ4v) is 4.12. The number of carbonyl (C=O) groups is 3. The van der Waals surface area contributed by atoms with Gasteiger partial charge in [-0.25, -0.2) is 4.39 Å². The number of hydrogen-bond donors (Lipinski definition) is 2. The molecule has 2 aliphatic rings. The average molecular weight is 397 g/mol. The Balaban J connectivity index is 1.54. The smallest absolute Gasteiger partial charge is 0.307 e. The van der Waals surface area contributed by atoms with Crippen LogP contribution in [0.5, 0.6) is 0 Å². The van der Waals surface area contributed by atoms with Gasteiger partial charge in [0.1, 0.15) is 5.82 Å². The second kappa shape index (κ2) is 7.11. The molecule has 2 fully saturated rings. The minimum atomic E-state index is -0.939. The van der Waals surface area contributed by atoms with Gasteiger partial charge in [-0.2, -0.15) is 0 Å². The standard InChI is InChI=1S/C19H22ClFN2O4/c1-19(2)14(15(19)18(26)27)17(25)23-7-5-10(6-8-23)16(24)22-11-3-4-13(21)12(20)9-11/h3-4,9-10,14-15H,5-8H2,1-2H3,(H,22,24)(H,26,27)/t14-,15+/m1/s1. The summed E-state index contributed by atoms with van der Waals surface area (Å²) >= 11 is 5.72. The number of benzene rings is 1. The van der Waals surface area contributed by atoms with Gasteiger partial charge >= 0.3 is 5.97 Å². The van der Waals surface area contributed by atoms with Crippen molar-refractivity contribution in [2.45, 2.75) is 26.7 Å². The van der Waals surface area contributed by atoms with Crippen LogP contribution >= 0.6 is 11.6 Å². The Morgan fingerprint density at radius 3 is 2.37 bits per heavy atom. The number of aliphatic carboxylic acids is 1. The second-order valence-electron chi connectivity index (χ2n) is 7.83. The van der Waals surface area contributed by atoms with Crippen molar-refractivity contribution in [3.8, 4) is 0 Å². The minimum absolute atomic E-state index is 0.0618. The van der Waals surface area contributed by atoms with E-state index in [1.807, 2.05) is 0 Å². The third-order valence-corrected chi connectivity index (χ3v) is 6.01. The molecule has 27 heavy (non-hydrogen) atoms. The van der Waals surface area contributed by atoms with Gasteiger partial charge in [0, 0.05) is 24.7 Å². The summed E-state index contributed by atoms with van der Waals surface area (Å²) in [5, 5.41) is 11.9. The van der Waals surface area contributed by atoms with Crippen LogP contribution in [0.15, 0.2) is 18.2 Å². The zero-order valence-electron chi connectivity index (χ0n) is 15.2. The summed E-state index contributed by atoms with van der Waals surface area (Å²) in [7, 11) is 0. The Hall–Kier alpha value is -2.15. The number of likely N-dealkylation sites (tertiary alicyclic amines) is 1. The van der Waals surface area contributed by atoms with Crippen LogP contribution in [0.1, 0.15) is 26.7 Å². The van der Waals surface area contributed by atoms with Gasteiger partial charge in [0.25, 0.3) is 0 Å². The molecule has 0 bridgehead atoms. The SMILES string of the molecule is CC1(C)[C@H](C(=O)O)[C@@H]1C(=O)N1CCC(C(=O)Nc2ccc(F)c(Cl)c2)CC1. The summed E-state index contributed by atoms with van der Waals surface area (Å²) in [4.78, 5) is 38.0. The van der Waals surface area contributed by atoms with E-state index >= 15 is 0 Å². The molecule has 2 N–H and O–H groups in total. The summed E-state index contributed by atoms with van der Waals surface area (Å²) in [6.45, 7) is 4.42. The Labute approximate surface area is 161 Å². The van der Waals surface area contributed by atoms with Crippen LogP contribution < -0.4 is 5.32 Å². The summed E-state index contributed by atoms with van der Waals surface area (Å²) in [5.74, 6) is -3.23. The first-order valence-corrected chi connectivity index (χ1v) is 9.28. The quantitative estimate of drug-likeness (QED) is 0.819. The molecular formula is C19H22ClFN2O4. The van der Waals surface area contributed by atoms with Gasteiger partial charge in [-0.05, 0) is 36.5 Å². The first kappa shape index (κ1) is 19.6. The lowest BCUT2D eigenvalue weighted by Crippen LogP contribution is -2.42. The highest BCUT2D eigenvalue weighted by Gasteiger charge is 2.66. The fraction of sp³-hybridized carbons (Fsp3) is 0.526. The molecule has 8 heteroatoms. The summed E-state index contributed by atoms with van der Waals surface area (Å²) in [5.41, 5.74) is -0.104. The molecular weight excluding hydrogens is 375 g/mol. The number of piperidine rings is 1. The predicted octanol–water partition coefficient (Wildman–Crippen LogP) is 3.01. The van der Waals surface area contributed by atoms with Crippen LogP contribution in [-0.4, -0.2) is 40.9 Å². The number of halogens is 2. The molecule has 6 nitrogen and oxygen atoms in total. The van der Waals surface area contributed by atoms with Crippen LogP contribution in [-0.2, 0) is 14.4 Å². The molecule has 1 saturated carbocycles. The number of rotatable bonds is 4. The summed E-state index contributed by atoms with van der Waals surface area (Å²) < 4.78 is 13.2. The molecule has 0 aromatic heterocycles. The zero-order valence-corrected chi connectivity index (χ0v) is 15.9. The molecule has 0 unspecified atom stereocenters. The average Bonchev–Trinajstić information content (AvgIpc) is 3.20. The Bertz CT molecular complexity index is 790. The molecule has 146 valence electrons. The molecule has 0 spiro atoms. The lowest BCUT2D eigenvalue weighted by molar-refractivity contribution is -0.142. The van der Waals surface area contributed by atoms with Crippen LogP contribution in [0.25, 0.3) is 0 Å². The topological polar surface area (TPSA) is 86.7 Å². The van der Waals surface area contributed by atoms with Crippen LogP contribution in [0.3, 0.4) is 0 Å². The molecule has 1 aromatic carbocycles. The van der Waals surface area contributed by atoms with E-state index in [-0.39, 0.29) is 22.8 Å². The van der Waals surface area contributed by atoms with Crippen LogP contribution in [0, 0.1) is 29.0 Å². The van der Waals surface area contributed by atoms with Gasteiger partial charge in [0.05, 0.1) is 16.9 Å². The maximum atomic E-state index is 13.2. The van der Waals surface area contributed by atoms with Gasteiger partial charge in [-0.1, -0.05) is 25.4 Å². The third kappa shape index (κ3) is 3.78. The van der Waals surface area contributed by atoms with Crippen molar-refractivity contribution in [2.75, 3.05) is 18.4 Å². The van der Waals surface area contributed by atoms with Crippen molar-refractivity contribution in [2.24, 2.45) is 23.2 Å². The highest BCUT2D eigenvalue weighted by atomic mass is 35.5. The first-order chi connectivity index (χ1) is 12.6. The largest absolute Gasteiger partial charge is 0.481 e. The number of carboxylic acids is 1. The molecule has 1 aliphatic carbocycles. The number of carbonyl (C=O) groups excluding carboxylic acids is 2. The van der Waals surface area contributed by atoms with E-state index in [2.05, 4.69) is 5.32 Å². The maximum absolute atomic E-state index is 13.2. The minimum Gasteiger partial charge on any atom is -0.481 e. The number of anilines is 1. The molecule has 2 amide bonds. The number of hydrogen-bond acceptors (Lipinski definition) is 3. The van der Waals surface area contributed by atoms with E-state index in [1.54, 1.807) is 18.7 Å². The third-order valence-electron chi connectivity index (χ3n) is 5.72. The normalized spacial score (nSPS) is 24.4. The van der Waals surface area contributed by atoms with Gasteiger partial charge in [-0.3, -0.25) is 14.4 Å². The van der Waals surface area contributed by atoms with E-state index in [1.165, 1.54) is 18.2 Å². The van der Waals surface area contributed by atoms with Crippen LogP contribution in [0.2, 0.25) is 5.02 Å². The highest BCUT2D eigenvalue weighted by Crippen LogP contribution is 2.59. The lowest BCUT2D eigenvalue weighted by Gasteiger charge is -2.32. The predicted molar refractivity (Wildman–Crippen MR) is 97.7 cm³/mol. The molecule has 0 radical (unpaired) electrons. The van der Waals surface area contributed by atoms with E-state index in [4.69, 9.17) is 11.6 Å². The van der Waals surface area contributed by atoms with Crippen molar-refractivity contribution in [1.29, 1.82) is 0 Å². The Morgan fingerprint density at radius 2 is 1.85 bits per heavy atom. The monoisotopic (exact) mass is 396 g/mol. The molecule has 3 rings (SSSR count). The summed E-state index contributed by atoms with van der Waals surface area (Å²) in [6.07, 6.45) is 0.995. The van der Waals surface area contributed by atoms with Gasteiger partial charge in [0.2, 0.25) is 11.8 Å². The molecule has 1 saturated heterocycles. The van der Waals surface area contributed by atoms with E-state index < -0.39 is 29.0 Å². The number of nitrogens with one attached hydrogen (secondary N) is 1. The zero-order chi connectivity index (χ0) is 19.9. The number of carboxylic acid groups (broad SMARTS) is 1. The van der Waals surface area contributed by atoms with Gasteiger partial charge in [0.15, 0.2) is 0 Å². The Kier molecular flexibility index (Phi) is 5.16. The Morgan fingerprint density at radius 1 is 1.22 bits per heavy atom. The van der Waals surface area contributed by atoms with E-state index in [0.717, 1.165) is 0 Å². The van der Waals surface area contributed by atoms with Crippen LogP contribution in [0.4, 0.5) is 10.1 Å². The molecule has 1 heterocycles. The maximum Gasteiger partial charge on any atom is 0.307 e. The van der Waals surface area contributed by atoms with Gasteiger partial charge < -0.3 is 15.3 Å². The van der Waals surface area contributed by atoms with Crippen molar-refractivity contribution >= 4 is 35.1 Å². The van der Waals surface area contributed by atoms with Crippen molar-refractivity contribution < 1.29 is 23.9 Å². The number of nitrogens with zero attached hydrogens (tertiary/aromatic N) is 1. The first-order valence-electron chi connectivity index (χ1n) is 8.90. The number of amides is 2. The highest BCUT2D eigenvalue weighted by molar-refractivity contribution is 6.31. The lowest BCUT2D eigenvalue weighted by atomic mass is 9.95. The second-order valence-corrected chi connectivity index (χ2v) is 8.24. The molecule has 2 atom stereocenters. The van der Waals surface area contributed by atoms with Crippen molar-refractivity contribution in [1.82, 2.24) is 4.90 Å². The van der Waals surface area contributed by atoms with E-state index in [0.29, 0.717) is 31.6 Å². The summed E-state index contributed by atoms with van der Waals surface area (Å²) in [6, 6.07) is 3.99. The van der Waals surface area contributed by atoms with E-state index in [9.17, 15) is 23.9 Å². The molecule has 1 aromatic rings. The van der Waals surface area contributed by atoms with Crippen molar-refractivity contribution in [3.63, 3.8) is 0 Å². The molecule has 1 aliphatic heterocycles. The van der Waals surface area contributed by atoms with Crippen molar-refractivity contribution in [3.05, 3.63) is 29.0 Å².